The summed E-state index contributed by atoms with van der Waals surface area (Å²) < 4.78 is 10.3. The van der Waals surface area contributed by atoms with E-state index in [1.807, 2.05) is 42.5 Å². The van der Waals surface area contributed by atoms with Crippen molar-refractivity contribution in [3.63, 3.8) is 0 Å². The van der Waals surface area contributed by atoms with Crippen LogP contribution in [0, 0.1) is 0 Å². The predicted octanol–water partition coefficient (Wildman–Crippen LogP) is 3.58. The summed E-state index contributed by atoms with van der Waals surface area (Å²) in [5.41, 5.74) is 1.90. The lowest BCUT2D eigenvalue weighted by Crippen LogP contribution is -1.84. The van der Waals surface area contributed by atoms with Gasteiger partial charge < -0.3 is 14.6 Å². The number of ether oxygens (including phenoxy) is 2. The summed E-state index contributed by atoms with van der Waals surface area (Å²) >= 11 is 0. The van der Waals surface area contributed by atoms with Crippen molar-refractivity contribution in [1.29, 1.82) is 0 Å². The molecule has 0 bridgehead atoms. The molecule has 0 aliphatic rings. The van der Waals surface area contributed by atoms with E-state index >= 15 is 0 Å². The number of phenolic OH excluding ortho intramolecular Hbond substituents is 1. The maximum absolute atomic E-state index is 9.57. The van der Waals surface area contributed by atoms with Crippen LogP contribution in [0.25, 0.3) is 12.2 Å². The Bertz CT molecular complexity index is 588. The molecule has 0 atom stereocenters. The average Bonchev–Trinajstić information content (AvgIpc) is 2.44. The van der Waals surface area contributed by atoms with Gasteiger partial charge in [-0.25, -0.2) is 0 Å². The lowest BCUT2D eigenvalue weighted by molar-refractivity contribution is 0.407. The summed E-state index contributed by atoms with van der Waals surface area (Å²) in [6, 6.07) is 12.9. The number of benzene rings is 2. The van der Waals surface area contributed by atoms with Crippen molar-refractivity contribution in [2.45, 2.75) is 0 Å². The molecule has 0 aliphatic heterocycles. The van der Waals surface area contributed by atoms with Gasteiger partial charge in [0.05, 0.1) is 14.2 Å². The number of aromatic hydroxyl groups is 1. The zero-order valence-electron chi connectivity index (χ0n) is 11.0. The van der Waals surface area contributed by atoms with Gasteiger partial charge in [0.15, 0.2) is 0 Å². The van der Waals surface area contributed by atoms with Gasteiger partial charge in [0.2, 0.25) is 0 Å². The summed E-state index contributed by atoms with van der Waals surface area (Å²) in [6.07, 6.45) is 3.87. The monoisotopic (exact) mass is 256 g/mol. The van der Waals surface area contributed by atoms with E-state index in [2.05, 4.69) is 0 Å². The molecule has 0 fully saturated rings. The molecule has 2 rings (SSSR count). The first-order chi connectivity index (χ1) is 9.21. The largest absolute Gasteiger partial charge is 0.508 e. The van der Waals surface area contributed by atoms with Gasteiger partial charge in [0, 0.05) is 6.07 Å². The number of hydrogen-bond acceptors (Lipinski definition) is 3. The third kappa shape index (κ3) is 3.52. The Labute approximate surface area is 112 Å². The lowest BCUT2D eigenvalue weighted by Gasteiger charge is -2.03. The first-order valence-corrected chi connectivity index (χ1v) is 5.91. The molecule has 0 radical (unpaired) electrons. The van der Waals surface area contributed by atoms with E-state index in [9.17, 15) is 5.11 Å². The normalized spacial score (nSPS) is 10.6. The van der Waals surface area contributed by atoms with Crippen LogP contribution in [0.2, 0.25) is 0 Å². The van der Waals surface area contributed by atoms with Gasteiger partial charge in [-0.15, -0.1) is 0 Å². The highest BCUT2D eigenvalue weighted by atomic mass is 16.5. The number of methoxy groups -OCH3 is 2. The Morgan fingerprint density at radius 1 is 0.842 bits per heavy atom. The zero-order valence-corrected chi connectivity index (χ0v) is 11.0. The molecule has 0 spiro atoms. The standard InChI is InChI=1S/C16H16O3/c1-18-15-5-3-4-12(9-15)6-7-13-8-14(17)11-16(10-13)19-2/h3-11,17H,1-2H3. The SMILES string of the molecule is COc1cccc(C=Cc2cc(O)cc(OC)c2)c1. The maximum atomic E-state index is 9.57. The molecule has 19 heavy (non-hydrogen) atoms. The van der Waals surface area contributed by atoms with Crippen molar-refractivity contribution >= 4 is 12.2 Å². The molecular weight excluding hydrogens is 240 g/mol. The number of hydrogen-bond donors (Lipinski definition) is 1. The minimum Gasteiger partial charge on any atom is -0.508 e. The van der Waals surface area contributed by atoms with Crippen molar-refractivity contribution in [1.82, 2.24) is 0 Å². The van der Waals surface area contributed by atoms with E-state index in [-0.39, 0.29) is 5.75 Å². The topological polar surface area (TPSA) is 38.7 Å². The molecule has 0 saturated heterocycles. The van der Waals surface area contributed by atoms with Crippen LogP contribution >= 0.6 is 0 Å². The fourth-order valence-corrected chi connectivity index (χ4v) is 1.76. The molecule has 2 aromatic rings. The Kier molecular flexibility index (Phi) is 4.08. The van der Waals surface area contributed by atoms with E-state index in [1.165, 1.54) is 0 Å². The van der Waals surface area contributed by atoms with Gasteiger partial charge >= 0.3 is 0 Å². The molecule has 0 saturated carbocycles. The van der Waals surface area contributed by atoms with Gasteiger partial charge in [0.25, 0.3) is 0 Å². The minimum absolute atomic E-state index is 0.185. The summed E-state index contributed by atoms with van der Waals surface area (Å²) in [5, 5.41) is 9.57. The third-order valence-electron chi connectivity index (χ3n) is 2.71. The molecule has 0 heterocycles. The molecular formula is C16H16O3. The Morgan fingerprint density at radius 3 is 2.26 bits per heavy atom. The molecule has 2 aromatic carbocycles. The highest BCUT2D eigenvalue weighted by molar-refractivity contribution is 5.71. The van der Waals surface area contributed by atoms with E-state index in [1.54, 1.807) is 26.4 Å². The van der Waals surface area contributed by atoms with Crippen molar-refractivity contribution in [2.75, 3.05) is 14.2 Å². The lowest BCUT2D eigenvalue weighted by atomic mass is 10.1. The highest BCUT2D eigenvalue weighted by Gasteiger charge is 1.98. The van der Waals surface area contributed by atoms with Crippen LogP contribution in [0.15, 0.2) is 42.5 Å². The van der Waals surface area contributed by atoms with Gasteiger partial charge in [-0.2, -0.15) is 0 Å². The van der Waals surface area contributed by atoms with Crippen LogP contribution in [0.5, 0.6) is 17.2 Å². The predicted molar refractivity (Wildman–Crippen MR) is 76.6 cm³/mol. The Hall–Kier alpha value is -2.42. The van der Waals surface area contributed by atoms with Crippen molar-refractivity contribution in [3.05, 3.63) is 53.6 Å². The van der Waals surface area contributed by atoms with Gasteiger partial charge in [-0.3, -0.25) is 0 Å². The van der Waals surface area contributed by atoms with Crippen molar-refractivity contribution in [3.8, 4) is 17.2 Å². The molecule has 98 valence electrons. The Balaban J connectivity index is 2.24. The zero-order chi connectivity index (χ0) is 13.7. The molecule has 0 aliphatic carbocycles. The molecule has 3 nitrogen and oxygen atoms in total. The first kappa shape index (κ1) is 13.0. The highest BCUT2D eigenvalue weighted by Crippen LogP contribution is 2.23. The molecule has 0 unspecified atom stereocenters. The summed E-state index contributed by atoms with van der Waals surface area (Å²) in [5.74, 6) is 1.63. The summed E-state index contributed by atoms with van der Waals surface area (Å²) in [6.45, 7) is 0. The first-order valence-electron chi connectivity index (χ1n) is 5.91. The Morgan fingerprint density at radius 2 is 1.53 bits per heavy atom. The second-order valence-electron chi connectivity index (χ2n) is 4.07. The van der Waals surface area contributed by atoms with E-state index in [0.717, 1.165) is 16.9 Å². The van der Waals surface area contributed by atoms with Crippen LogP contribution < -0.4 is 9.47 Å². The molecule has 3 heteroatoms. The van der Waals surface area contributed by atoms with E-state index in [4.69, 9.17) is 9.47 Å². The fourth-order valence-electron chi connectivity index (χ4n) is 1.76. The maximum Gasteiger partial charge on any atom is 0.123 e. The second kappa shape index (κ2) is 5.96. The van der Waals surface area contributed by atoms with Gasteiger partial charge in [-0.1, -0.05) is 24.3 Å². The minimum atomic E-state index is 0.185. The summed E-state index contributed by atoms with van der Waals surface area (Å²) in [4.78, 5) is 0. The number of phenols is 1. The van der Waals surface area contributed by atoms with Crippen molar-refractivity contribution < 1.29 is 14.6 Å². The number of rotatable bonds is 4. The second-order valence-corrected chi connectivity index (χ2v) is 4.07. The van der Waals surface area contributed by atoms with Crippen LogP contribution in [0.1, 0.15) is 11.1 Å². The van der Waals surface area contributed by atoms with E-state index < -0.39 is 0 Å². The molecule has 1 N–H and O–H groups in total. The summed E-state index contributed by atoms with van der Waals surface area (Å²) in [7, 11) is 3.22. The van der Waals surface area contributed by atoms with Crippen LogP contribution in [0.4, 0.5) is 0 Å². The van der Waals surface area contributed by atoms with Crippen LogP contribution in [-0.4, -0.2) is 19.3 Å². The van der Waals surface area contributed by atoms with Crippen molar-refractivity contribution in [2.24, 2.45) is 0 Å². The van der Waals surface area contributed by atoms with Gasteiger partial charge in [-0.05, 0) is 35.4 Å². The van der Waals surface area contributed by atoms with Gasteiger partial charge in [0.1, 0.15) is 17.2 Å². The smallest absolute Gasteiger partial charge is 0.123 e. The van der Waals surface area contributed by atoms with Crippen LogP contribution in [0.3, 0.4) is 0 Å². The molecule has 0 amide bonds. The van der Waals surface area contributed by atoms with E-state index in [0.29, 0.717) is 5.75 Å². The average molecular weight is 256 g/mol. The third-order valence-corrected chi connectivity index (χ3v) is 2.71. The molecule has 0 aromatic heterocycles. The van der Waals surface area contributed by atoms with Crippen LogP contribution in [-0.2, 0) is 0 Å². The fraction of sp³-hybridized carbons (Fsp3) is 0.125. The quantitative estimate of drug-likeness (QED) is 0.850.